The lowest BCUT2D eigenvalue weighted by Crippen LogP contribution is -2.70. The number of guanidine groups is 2. The quantitative estimate of drug-likeness (QED) is 0.0885. The Morgan fingerprint density at radius 2 is 1.60 bits per heavy atom. The molecule has 1 saturated carbocycles. The Kier molecular flexibility index (Phi) is 10.5. The first-order chi connectivity index (χ1) is 18.7. The fourth-order valence-electron chi connectivity index (χ4n) is 5.28. The number of nitrogens with zero attached hydrogens (tertiary/aromatic N) is 1. The third kappa shape index (κ3) is 6.11. The van der Waals surface area contributed by atoms with E-state index in [1.165, 1.54) is 14.0 Å². The average molecular weight is 583 g/mol. The lowest BCUT2D eigenvalue weighted by molar-refractivity contribution is -0.316. The summed E-state index contributed by atoms with van der Waals surface area (Å²) in [5.74, 6) is -1.10. The van der Waals surface area contributed by atoms with E-state index in [-0.39, 0.29) is 0 Å². The van der Waals surface area contributed by atoms with Crippen molar-refractivity contribution in [3.05, 3.63) is 0 Å². The van der Waals surface area contributed by atoms with E-state index in [1.807, 2.05) is 0 Å². The highest BCUT2D eigenvalue weighted by Crippen LogP contribution is 2.38. The monoisotopic (exact) mass is 582 g/mol. The Morgan fingerprint density at radius 3 is 2.12 bits per heavy atom. The fourth-order valence-corrected chi connectivity index (χ4v) is 5.28. The van der Waals surface area contributed by atoms with E-state index >= 15 is 0 Å². The van der Waals surface area contributed by atoms with Crippen molar-refractivity contribution in [1.29, 1.82) is 5.41 Å². The first-order valence-corrected chi connectivity index (χ1v) is 12.6. The summed E-state index contributed by atoms with van der Waals surface area (Å²) >= 11 is 0. The smallest absolute Gasteiger partial charge is 0.187 e. The molecule has 18 N–H and O–H groups in total. The van der Waals surface area contributed by atoms with Gasteiger partial charge in [-0.05, 0) is 14.0 Å². The molecule has 0 spiro atoms. The van der Waals surface area contributed by atoms with Gasteiger partial charge >= 0.3 is 0 Å². The van der Waals surface area contributed by atoms with Crippen molar-refractivity contribution >= 4 is 11.9 Å². The van der Waals surface area contributed by atoms with E-state index in [4.69, 9.17) is 47.3 Å². The zero-order valence-corrected chi connectivity index (χ0v) is 22.0. The van der Waals surface area contributed by atoms with Gasteiger partial charge in [0.05, 0.1) is 24.8 Å². The highest BCUT2D eigenvalue weighted by atomic mass is 16.8. The second-order valence-electron chi connectivity index (χ2n) is 10.1. The van der Waals surface area contributed by atoms with Crippen LogP contribution in [-0.4, -0.2) is 159 Å². The van der Waals surface area contributed by atoms with Crippen molar-refractivity contribution in [3.8, 4) is 0 Å². The molecule has 40 heavy (non-hydrogen) atoms. The minimum Gasteiger partial charge on any atom is -0.394 e. The average Bonchev–Trinajstić information content (AvgIpc) is 3.13. The zero-order valence-electron chi connectivity index (χ0n) is 22.0. The lowest BCUT2D eigenvalue weighted by Gasteiger charge is -2.46. The Labute approximate surface area is 229 Å². The largest absolute Gasteiger partial charge is 0.394 e. The van der Waals surface area contributed by atoms with Crippen molar-refractivity contribution < 1.29 is 54.7 Å². The van der Waals surface area contributed by atoms with Gasteiger partial charge in [-0.1, -0.05) is 0 Å². The molecule has 0 amide bonds. The van der Waals surface area contributed by atoms with Crippen LogP contribution in [0.2, 0.25) is 0 Å². The third-order valence-electron chi connectivity index (χ3n) is 7.62. The summed E-state index contributed by atoms with van der Waals surface area (Å²) in [7, 11) is 1.46. The second kappa shape index (κ2) is 12.9. The molecule has 3 fully saturated rings. The van der Waals surface area contributed by atoms with Gasteiger partial charge in [-0.2, -0.15) is 0 Å². The maximum absolute atomic E-state index is 11.4. The van der Waals surface area contributed by atoms with Gasteiger partial charge in [0.15, 0.2) is 24.5 Å². The molecule has 0 bridgehead atoms. The number of nitrogens with one attached hydrogen (secondary N) is 3. The predicted octanol–water partition coefficient (Wildman–Crippen LogP) is -8.19. The van der Waals surface area contributed by atoms with Crippen LogP contribution in [0.4, 0.5) is 0 Å². The van der Waals surface area contributed by atoms with E-state index < -0.39 is 116 Å². The van der Waals surface area contributed by atoms with Crippen LogP contribution in [0.25, 0.3) is 0 Å². The number of ether oxygens (including phenoxy) is 4. The molecule has 3 rings (SSSR count). The topological polar surface area (TPSA) is 343 Å². The van der Waals surface area contributed by atoms with Crippen LogP contribution in [0.3, 0.4) is 0 Å². The molecular formula is C21H42N8O11. The summed E-state index contributed by atoms with van der Waals surface area (Å²) in [4.78, 5) is 3.76. The summed E-state index contributed by atoms with van der Waals surface area (Å²) in [6.45, 7) is 0.400. The molecule has 15 unspecified atom stereocenters. The Morgan fingerprint density at radius 1 is 0.950 bits per heavy atom. The minimum atomic E-state index is -1.93. The van der Waals surface area contributed by atoms with E-state index in [0.29, 0.717) is 0 Å². The van der Waals surface area contributed by atoms with E-state index in [9.17, 15) is 35.7 Å². The molecule has 0 radical (unpaired) electrons. The summed E-state index contributed by atoms with van der Waals surface area (Å²) < 4.78 is 23.4. The molecule has 15 atom stereocenters. The lowest BCUT2D eigenvalue weighted by atomic mass is 9.81. The van der Waals surface area contributed by atoms with Crippen LogP contribution < -0.4 is 33.6 Å². The number of likely N-dealkylation sites (N-methyl/N-ethyl adjacent to an activating group) is 1. The van der Waals surface area contributed by atoms with Gasteiger partial charge in [-0.3, -0.25) is 5.41 Å². The van der Waals surface area contributed by atoms with Gasteiger partial charge in [0.25, 0.3) is 0 Å². The van der Waals surface area contributed by atoms with Crippen LogP contribution in [-0.2, 0) is 18.9 Å². The number of nitrogens with two attached hydrogens (primary N) is 4. The van der Waals surface area contributed by atoms with Crippen LogP contribution in [0.15, 0.2) is 4.99 Å². The van der Waals surface area contributed by atoms with Crippen molar-refractivity contribution in [2.45, 2.75) is 98.2 Å². The van der Waals surface area contributed by atoms with E-state index in [0.717, 1.165) is 0 Å². The maximum atomic E-state index is 11.4. The van der Waals surface area contributed by atoms with Gasteiger partial charge in [-0.25, -0.2) is 4.99 Å². The molecule has 19 heteroatoms. The SMILES string of the molecule is CNC1C(OC2C(OC3C(O)C(O)C(N=C(N)N)C(O)C3NC(=N)N)OC(C)C2(O)CN)OC(CO)C(O)C1O. The molecule has 3 aliphatic rings. The number of hydrogen-bond donors (Lipinski definition) is 14. The van der Waals surface area contributed by atoms with Gasteiger partial charge in [0, 0.05) is 6.54 Å². The van der Waals surface area contributed by atoms with Gasteiger partial charge in [-0.15, -0.1) is 0 Å². The van der Waals surface area contributed by atoms with Crippen LogP contribution in [0.5, 0.6) is 0 Å². The highest BCUT2D eigenvalue weighted by Gasteiger charge is 2.60. The first kappa shape index (κ1) is 32.5. The summed E-state index contributed by atoms with van der Waals surface area (Å²) in [5, 5.41) is 87.3. The molecule has 2 aliphatic heterocycles. The van der Waals surface area contributed by atoms with Crippen molar-refractivity contribution in [3.63, 3.8) is 0 Å². The number of aliphatic imine (C=N–C) groups is 1. The van der Waals surface area contributed by atoms with Crippen molar-refractivity contribution in [2.75, 3.05) is 20.2 Å². The summed E-state index contributed by atoms with van der Waals surface area (Å²) in [6, 6.07) is -3.85. The number of hydrogen-bond acceptors (Lipinski definition) is 15. The first-order valence-electron chi connectivity index (χ1n) is 12.6. The molecule has 2 heterocycles. The minimum absolute atomic E-state index is 0.412. The maximum Gasteiger partial charge on any atom is 0.187 e. The molecule has 19 nitrogen and oxygen atoms in total. The molecule has 0 aromatic heterocycles. The normalized spacial score (nSPS) is 47.5. The molecule has 232 valence electrons. The van der Waals surface area contributed by atoms with E-state index in [1.54, 1.807) is 0 Å². The van der Waals surface area contributed by atoms with Gasteiger partial charge in [0.2, 0.25) is 0 Å². The Balaban J connectivity index is 1.94. The van der Waals surface area contributed by atoms with Gasteiger partial charge < -0.3 is 88.3 Å². The second-order valence-corrected chi connectivity index (χ2v) is 10.1. The fraction of sp³-hybridized carbons (Fsp3) is 0.905. The molecule has 2 saturated heterocycles. The van der Waals surface area contributed by atoms with Crippen LogP contribution in [0, 0.1) is 5.41 Å². The van der Waals surface area contributed by atoms with Crippen molar-refractivity contribution in [1.82, 2.24) is 10.6 Å². The Bertz CT molecular complexity index is 903. The number of rotatable bonds is 9. The standard InChI is InChI=1S/C21H42N8O11/c1-5-21(36,4-22)16(40-17-9(27-2)13(34)10(31)6(3-30)38-17)18(37-5)39-15-8(29-20(25)26)11(32)7(28-19(23)24)12(33)14(15)35/h5-18,27,30-36H,3-4,22H2,1-2H3,(H4,23,24,28)(H4,25,26,29). The summed E-state index contributed by atoms with van der Waals surface area (Å²) in [5.41, 5.74) is 20.2. The highest BCUT2D eigenvalue weighted by molar-refractivity contribution is 5.76. The van der Waals surface area contributed by atoms with E-state index in [2.05, 4.69) is 15.6 Å². The van der Waals surface area contributed by atoms with Gasteiger partial charge in [0.1, 0.15) is 60.5 Å². The Hall–Kier alpha value is -1.98. The number of aliphatic hydroxyl groups excluding tert-OH is 6. The molecule has 1 aliphatic carbocycles. The zero-order chi connectivity index (χ0) is 30.1. The van der Waals surface area contributed by atoms with Crippen molar-refractivity contribution in [2.24, 2.45) is 27.9 Å². The number of aliphatic hydroxyl groups is 7. The predicted molar refractivity (Wildman–Crippen MR) is 135 cm³/mol. The summed E-state index contributed by atoms with van der Waals surface area (Å²) in [6.07, 6.45) is -16.3. The van der Waals surface area contributed by atoms with Crippen LogP contribution >= 0.6 is 0 Å². The van der Waals surface area contributed by atoms with Crippen LogP contribution in [0.1, 0.15) is 6.92 Å². The molecule has 0 aromatic rings. The molecular weight excluding hydrogens is 540 g/mol. The third-order valence-corrected chi connectivity index (χ3v) is 7.62. The molecule has 0 aromatic carbocycles.